The number of halogens is 2. The van der Waals surface area contributed by atoms with E-state index in [-0.39, 0.29) is 47.6 Å². The van der Waals surface area contributed by atoms with Crippen molar-refractivity contribution in [3.8, 4) is 0 Å². The lowest BCUT2D eigenvalue weighted by molar-refractivity contribution is -0.145. The summed E-state index contributed by atoms with van der Waals surface area (Å²) in [6.07, 6.45) is 0. The number of benzene rings is 1. The largest absolute Gasteiger partial charge is 0.469 e. The molecular formula is C20H30FIN4O3. The Bertz CT molecular complexity index is 728. The molecule has 1 aromatic rings. The molecule has 1 aromatic carbocycles. The highest BCUT2D eigenvalue weighted by molar-refractivity contribution is 14.0. The van der Waals surface area contributed by atoms with Crippen molar-refractivity contribution >= 4 is 41.6 Å². The van der Waals surface area contributed by atoms with E-state index in [4.69, 9.17) is 9.47 Å². The second kappa shape index (κ2) is 11.0. The molecule has 0 radical (unpaired) electrons. The molecule has 3 rings (SSSR count). The summed E-state index contributed by atoms with van der Waals surface area (Å²) < 4.78 is 24.8. The van der Waals surface area contributed by atoms with Gasteiger partial charge in [-0.2, -0.15) is 0 Å². The quantitative estimate of drug-likeness (QED) is 0.284. The first-order valence-corrected chi connectivity index (χ1v) is 9.68. The fourth-order valence-corrected chi connectivity index (χ4v) is 3.83. The van der Waals surface area contributed by atoms with Crippen LogP contribution < -0.4 is 10.2 Å². The maximum Gasteiger partial charge on any atom is 0.310 e. The highest BCUT2D eigenvalue weighted by atomic mass is 127. The van der Waals surface area contributed by atoms with Crippen LogP contribution in [-0.4, -0.2) is 70.4 Å². The van der Waals surface area contributed by atoms with Crippen molar-refractivity contribution in [2.45, 2.75) is 13.5 Å². The van der Waals surface area contributed by atoms with Gasteiger partial charge in [0.2, 0.25) is 0 Å². The molecule has 0 bridgehead atoms. The Morgan fingerprint density at radius 3 is 2.69 bits per heavy atom. The molecule has 0 aliphatic carbocycles. The number of hydrogen-bond donors (Lipinski definition) is 1. The number of esters is 1. The number of carbonyl (C=O) groups excluding carboxylic acids is 1. The maximum atomic E-state index is 14.6. The normalized spacial score (nSPS) is 22.3. The molecule has 2 saturated heterocycles. The Morgan fingerprint density at radius 2 is 2.07 bits per heavy atom. The fourth-order valence-electron chi connectivity index (χ4n) is 3.83. The monoisotopic (exact) mass is 520 g/mol. The predicted molar refractivity (Wildman–Crippen MR) is 121 cm³/mol. The number of guanidine groups is 1. The Morgan fingerprint density at radius 1 is 1.34 bits per heavy atom. The molecule has 0 saturated carbocycles. The van der Waals surface area contributed by atoms with Gasteiger partial charge in [0.1, 0.15) is 5.82 Å². The molecule has 162 valence electrons. The zero-order chi connectivity index (χ0) is 20.1. The van der Waals surface area contributed by atoms with Gasteiger partial charge in [0.15, 0.2) is 5.96 Å². The zero-order valence-electron chi connectivity index (χ0n) is 17.2. The van der Waals surface area contributed by atoms with Gasteiger partial charge in [-0.1, -0.05) is 13.0 Å². The molecule has 2 atom stereocenters. The highest BCUT2D eigenvalue weighted by Gasteiger charge is 2.36. The van der Waals surface area contributed by atoms with Crippen molar-refractivity contribution in [2.75, 3.05) is 58.5 Å². The van der Waals surface area contributed by atoms with E-state index in [1.54, 1.807) is 13.1 Å². The first kappa shape index (κ1) is 23.7. The summed E-state index contributed by atoms with van der Waals surface area (Å²) in [6.45, 7) is 6.45. The predicted octanol–water partition coefficient (Wildman–Crippen LogP) is 2.10. The van der Waals surface area contributed by atoms with Crippen molar-refractivity contribution in [1.29, 1.82) is 0 Å². The van der Waals surface area contributed by atoms with Crippen molar-refractivity contribution in [3.63, 3.8) is 0 Å². The molecule has 2 aliphatic rings. The molecule has 0 amide bonds. The summed E-state index contributed by atoms with van der Waals surface area (Å²) >= 11 is 0. The van der Waals surface area contributed by atoms with Gasteiger partial charge >= 0.3 is 5.97 Å². The first-order valence-electron chi connectivity index (χ1n) is 9.68. The number of ether oxygens (including phenoxy) is 2. The molecule has 0 aromatic heterocycles. The summed E-state index contributed by atoms with van der Waals surface area (Å²) in [7, 11) is 3.13. The van der Waals surface area contributed by atoms with Crippen LogP contribution in [0.3, 0.4) is 0 Å². The molecule has 7 nitrogen and oxygen atoms in total. The molecular weight excluding hydrogens is 490 g/mol. The van der Waals surface area contributed by atoms with Crippen LogP contribution in [0.2, 0.25) is 0 Å². The third-order valence-electron chi connectivity index (χ3n) is 5.44. The number of methoxy groups -OCH3 is 1. The average Bonchev–Trinajstić information content (AvgIpc) is 3.10. The number of carbonyl (C=O) groups is 1. The van der Waals surface area contributed by atoms with Crippen LogP contribution in [0, 0.1) is 17.7 Å². The third-order valence-corrected chi connectivity index (χ3v) is 5.44. The minimum atomic E-state index is -0.225. The van der Waals surface area contributed by atoms with Gasteiger partial charge in [-0.25, -0.2) is 4.39 Å². The maximum absolute atomic E-state index is 14.6. The Kier molecular flexibility index (Phi) is 8.94. The second-order valence-corrected chi connectivity index (χ2v) is 7.30. The summed E-state index contributed by atoms with van der Waals surface area (Å²) in [5.74, 6) is 0.323. The van der Waals surface area contributed by atoms with Crippen LogP contribution in [0.5, 0.6) is 0 Å². The van der Waals surface area contributed by atoms with E-state index in [2.05, 4.69) is 10.3 Å². The van der Waals surface area contributed by atoms with Crippen LogP contribution in [-0.2, 0) is 20.8 Å². The van der Waals surface area contributed by atoms with E-state index in [1.165, 1.54) is 7.11 Å². The Hall–Kier alpha value is -1.62. The smallest absolute Gasteiger partial charge is 0.310 e. The minimum Gasteiger partial charge on any atom is -0.469 e. The van der Waals surface area contributed by atoms with Gasteiger partial charge in [-0.3, -0.25) is 9.79 Å². The fraction of sp³-hybridized carbons (Fsp3) is 0.600. The van der Waals surface area contributed by atoms with Crippen LogP contribution in [0.4, 0.5) is 10.1 Å². The Labute approximate surface area is 188 Å². The molecule has 29 heavy (non-hydrogen) atoms. The molecule has 1 N–H and O–H groups in total. The third kappa shape index (κ3) is 5.71. The summed E-state index contributed by atoms with van der Waals surface area (Å²) in [5.41, 5.74) is 1.46. The van der Waals surface area contributed by atoms with Crippen LogP contribution in [0.25, 0.3) is 0 Å². The number of rotatable bonds is 4. The number of nitrogens with one attached hydrogen (secondary N) is 1. The molecule has 2 heterocycles. The summed E-state index contributed by atoms with van der Waals surface area (Å²) in [5, 5.41) is 3.28. The molecule has 2 aliphatic heterocycles. The van der Waals surface area contributed by atoms with Crippen LogP contribution in [0.15, 0.2) is 23.2 Å². The van der Waals surface area contributed by atoms with E-state index in [9.17, 15) is 9.18 Å². The number of nitrogens with zero attached hydrogens (tertiary/aromatic N) is 3. The van der Waals surface area contributed by atoms with E-state index in [1.807, 2.05) is 28.9 Å². The molecule has 2 fully saturated rings. The van der Waals surface area contributed by atoms with Gasteiger partial charge in [0.05, 0.1) is 31.9 Å². The van der Waals surface area contributed by atoms with E-state index in [0.29, 0.717) is 51.0 Å². The number of anilines is 1. The average molecular weight is 520 g/mol. The number of likely N-dealkylation sites (tertiary alicyclic amines) is 1. The molecule has 0 spiro atoms. The van der Waals surface area contributed by atoms with Crippen molar-refractivity contribution < 1.29 is 18.7 Å². The second-order valence-electron chi connectivity index (χ2n) is 7.30. The number of hydrogen-bond acceptors (Lipinski definition) is 5. The lowest BCUT2D eigenvalue weighted by atomic mass is 9.99. The minimum absolute atomic E-state index is 0. The lowest BCUT2D eigenvalue weighted by Gasteiger charge is -2.29. The summed E-state index contributed by atoms with van der Waals surface area (Å²) in [6, 6.07) is 5.32. The van der Waals surface area contributed by atoms with Gasteiger partial charge in [-0.15, -0.1) is 24.0 Å². The van der Waals surface area contributed by atoms with Crippen LogP contribution in [0.1, 0.15) is 12.5 Å². The van der Waals surface area contributed by atoms with E-state index in [0.717, 1.165) is 12.1 Å². The highest BCUT2D eigenvalue weighted by Crippen LogP contribution is 2.24. The molecule has 2 unspecified atom stereocenters. The van der Waals surface area contributed by atoms with Crippen LogP contribution >= 0.6 is 24.0 Å². The number of aliphatic imine (C=N–C) groups is 1. The van der Waals surface area contributed by atoms with Crippen molar-refractivity contribution in [3.05, 3.63) is 29.6 Å². The van der Waals surface area contributed by atoms with Gasteiger partial charge in [0, 0.05) is 39.8 Å². The van der Waals surface area contributed by atoms with Crippen molar-refractivity contribution in [2.24, 2.45) is 16.8 Å². The van der Waals surface area contributed by atoms with Gasteiger partial charge in [0.25, 0.3) is 0 Å². The first-order chi connectivity index (χ1) is 13.5. The molecule has 9 heteroatoms. The van der Waals surface area contributed by atoms with Gasteiger partial charge in [-0.05, 0) is 23.6 Å². The zero-order valence-corrected chi connectivity index (χ0v) is 19.5. The SMILES string of the molecule is CN=C(NCc1ccc(N2CCOCC2)c(F)c1)N1CC(C)C(C(=O)OC)C1.I. The Balaban J connectivity index is 0.00000300. The summed E-state index contributed by atoms with van der Waals surface area (Å²) in [4.78, 5) is 20.3. The standard InChI is InChI=1S/C20H29FN4O3.HI/c1-14-12-25(13-16(14)19(26)27-3)20(22-2)23-11-15-4-5-18(17(21)10-15)24-6-8-28-9-7-24;/h4-5,10,14,16H,6-9,11-13H2,1-3H3,(H,22,23);1H. The lowest BCUT2D eigenvalue weighted by Crippen LogP contribution is -2.40. The number of morpholine rings is 1. The van der Waals surface area contributed by atoms with Gasteiger partial charge < -0.3 is 24.6 Å². The van der Waals surface area contributed by atoms with Crippen molar-refractivity contribution in [1.82, 2.24) is 10.2 Å². The van der Waals surface area contributed by atoms with E-state index >= 15 is 0 Å². The topological polar surface area (TPSA) is 66.4 Å². The van der Waals surface area contributed by atoms with E-state index < -0.39 is 0 Å².